The lowest BCUT2D eigenvalue weighted by Gasteiger charge is -2.15. The largest absolute Gasteiger partial charge is 0.508 e. The van der Waals surface area contributed by atoms with Gasteiger partial charge in [0, 0.05) is 0 Å². The summed E-state index contributed by atoms with van der Waals surface area (Å²) in [5, 5.41) is 0. The van der Waals surface area contributed by atoms with Crippen molar-refractivity contribution >= 4 is 52.6 Å². The topological polar surface area (TPSA) is 35.5 Å². The average molecular weight is 284 g/mol. The Kier molecular flexibility index (Phi) is 8.98. The highest BCUT2D eigenvalue weighted by molar-refractivity contribution is 6.21. The van der Waals surface area contributed by atoms with E-state index in [2.05, 4.69) is 0 Å². The summed E-state index contributed by atoms with van der Waals surface area (Å²) >= 11 is 21.8. The van der Waals surface area contributed by atoms with Gasteiger partial charge in [-0.1, -0.05) is 0 Å². The van der Waals surface area contributed by atoms with Crippen molar-refractivity contribution in [1.29, 1.82) is 0 Å². The molecule has 0 aromatic heterocycles. The maximum absolute atomic E-state index is 11.0. The monoisotopic (exact) mass is 282 g/mol. The van der Waals surface area contributed by atoms with Gasteiger partial charge >= 0.3 is 6.16 Å². The highest BCUT2D eigenvalue weighted by Crippen LogP contribution is 2.05. The fourth-order valence-electron chi connectivity index (χ4n) is 0.508. The van der Waals surface area contributed by atoms with Crippen molar-refractivity contribution in [3.05, 3.63) is 0 Å². The molecule has 84 valence electrons. The van der Waals surface area contributed by atoms with Gasteiger partial charge < -0.3 is 9.47 Å². The molecule has 0 spiro atoms. The molecule has 0 aliphatic heterocycles. The van der Waals surface area contributed by atoms with Crippen LogP contribution in [0, 0.1) is 0 Å². The summed E-state index contributed by atoms with van der Waals surface area (Å²) in [4.78, 5) is 11.0. The second kappa shape index (κ2) is 8.72. The normalized spacial score (nSPS) is 10.7. The molecular weight excluding hydrogens is 274 g/mol. The molecule has 0 unspecified atom stereocenters. The van der Waals surface area contributed by atoms with E-state index in [-0.39, 0.29) is 23.5 Å². The number of hydrogen-bond donors (Lipinski definition) is 0. The predicted octanol–water partition coefficient (Wildman–Crippen LogP) is 2.83. The standard InChI is InChI=1S/C7H10Cl4O3/c8-1-5(2-9)13-7(12)14-6(3-10)4-11/h5-6H,1-4H2. The lowest BCUT2D eigenvalue weighted by molar-refractivity contribution is 0.0198. The molecule has 0 aromatic rings. The van der Waals surface area contributed by atoms with Crippen molar-refractivity contribution in [2.24, 2.45) is 0 Å². The number of carbonyl (C=O) groups is 1. The van der Waals surface area contributed by atoms with E-state index >= 15 is 0 Å². The van der Waals surface area contributed by atoms with Crippen LogP contribution in [0.25, 0.3) is 0 Å². The Morgan fingerprint density at radius 2 is 1.14 bits per heavy atom. The minimum absolute atomic E-state index is 0.116. The van der Waals surface area contributed by atoms with Gasteiger partial charge in [0.05, 0.1) is 23.5 Å². The Morgan fingerprint density at radius 3 is 1.36 bits per heavy atom. The van der Waals surface area contributed by atoms with Crippen molar-refractivity contribution in [2.75, 3.05) is 23.5 Å². The Balaban J connectivity index is 3.83. The van der Waals surface area contributed by atoms with Crippen LogP contribution < -0.4 is 0 Å². The maximum atomic E-state index is 11.0. The SMILES string of the molecule is O=C(OC(CCl)CCl)OC(CCl)CCl. The highest BCUT2D eigenvalue weighted by Gasteiger charge is 2.17. The first-order chi connectivity index (χ1) is 6.67. The summed E-state index contributed by atoms with van der Waals surface area (Å²) in [5.74, 6) is 0.464. The van der Waals surface area contributed by atoms with E-state index in [1.54, 1.807) is 0 Å². The predicted molar refractivity (Wildman–Crippen MR) is 58.0 cm³/mol. The van der Waals surface area contributed by atoms with Gasteiger partial charge in [-0.3, -0.25) is 0 Å². The summed E-state index contributed by atoms with van der Waals surface area (Å²) in [7, 11) is 0. The molecule has 0 aromatic carbocycles. The highest BCUT2D eigenvalue weighted by atomic mass is 35.5. The molecular formula is C7H10Cl4O3. The zero-order valence-electron chi connectivity index (χ0n) is 7.22. The lowest BCUT2D eigenvalue weighted by atomic mass is 10.5. The van der Waals surface area contributed by atoms with Crippen molar-refractivity contribution in [1.82, 2.24) is 0 Å². The van der Waals surface area contributed by atoms with Gasteiger partial charge in [-0.25, -0.2) is 4.79 Å². The zero-order valence-corrected chi connectivity index (χ0v) is 10.2. The van der Waals surface area contributed by atoms with Gasteiger partial charge in [0.25, 0.3) is 0 Å². The molecule has 3 nitrogen and oxygen atoms in total. The lowest BCUT2D eigenvalue weighted by Crippen LogP contribution is -2.27. The number of halogens is 4. The van der Waals surface area contributed by atoms with Gasteiger partial charge in [0.15, 0.2) is 0 Å². The van der Waals surface area contributed by atoms with E-state index in [0.717, 1.165) is 0 Å². The molecule has 0 heterocycles. The van der Waals surface area contributed by atoms with Gasteiger partial charge in [-0.15, -0.1) is 46.4 Å². The zero-order chi connectivity index (χ0) is 11.0. The first-order valence-electron chi connectivity index (χ1n) is 3.79. The third-order valence-corrected chi connectivity index (χ3v) is 2.59. The Bertz CT molecular complexity index is 143. The van der Waals surface area contributed by atoms with Crippen LogP contribution in [0.2, 0.25) is 0 Å². The van der Waals surface area contributed by atoms with E-state index in [0.29, 0.717) is 0 Å². The average Bonchev–Trinajstić information content (AvgIpc) is 2.22. The van der Waals surface area contributed by atoms with E-state index in [9.17, 15) is 4.79 Å². The molecule has 0 amide bonds. The van der Waals surface area contributed by atoms with Crippen LogP contribution in [0.5, 0.6) is 0 Å². The molecule has 0 N–H and O–H groups in total. The van der Waals surface area contributed by atoms with Gasteiger partial charge in [-0.2, -0.15) is 0 Å². The fourth-order valence-corrected chi connectivity index (χ4v) is 1.42. The van der Waals surface area contributed by atoms with Crippen LogP contribution in [-0.2, 0) is 9.47 Å². The smallest absolute Gasteiger partial charge is 0.428 e. The third-order valence-electron chi connectivity index (χ3n) is 1.21. The van der Waals surface area contributed by atoms with E-state index < -0.39 is 18.4 Å². The summed E-state index contributed by atoms with van der Waals surface area (Å²) in [6.07, 6.45) is -1.98. The Morgan fingerprint density at radius 1 is 0.857 bits per heavy atom. The molecule has 0 aliphatic rings. The minimum atomic E-state index is -0.859. The Labute approximate surface area is 103 Å². The van der Waals surface area contributed by atoms with E-state index in [1.807, 2.05) is 0 Å². The molecule has 0 saturated carbocycles. The van der Waals surface area contributed by atoms with E-state index in [1.165, 1.54) is 0 Å². The van der Waals surface area contributed by atoms with Crippen molar-refractivity contribution in [3.63, 3.8) is 0 Å². The van der Waals surface area contributed by atoms with Gasteiger partial charge in [0.1, 0.15) is 12.2 Å². The number of hydrogen-bond acceptors (Lipinski definition) is 3. The number of alkyl halides is 4. The molecule has 0 atom stereocenters. The van der Waals surface area contributed by atoms with Crippen LogP contribution in [0.4, 0.5) is 4.79 Å². The molecule has 7 heteroatoms. The van der Waals surface area contributed by atoms with Crippen LogP contribution in [0.3, 0.4) is 0 Å². The number of rotatable bonds is 6. The first-order valence-corrected chi connectivity index (χ1v) is 5.92. The second-order valence-electron chi connectivity index (χ2n) is 2.35. The maximum Gasteiger partial charge on any atom is 0.508 e. The third kappa shape index (κ3) is 6.02. The molecule has 0 radical (unpaired) electrons. The molecule has 14 heavy (non-hydrogen) atoms. The molecule has 0 rings (SSSR count). The van der Waals surface area contributed by atoms with E-state index in [4.69, 9.17) is 55.9 Å². The van der Waals surface area contributed by atoms with Crippen LogP contribution >= 0.6 is 46.4 Å². The quantitative estimate of drug-likeness (QED) is 0.555. The summed E-state index contributed by atoms with van der Waals surface area (Å²) in [6.45, 7) is 0. The Hall–Kier alpha value is 0.430. The molecule has 0 fully saturated rings. The fraction of sp³-hybridized carbons (Fsp3) is 0.857. The van der Waals surface area contributed by atoms with Crippen molar-refractivity contribution < 1.29 is 14.3 Å². The summed E-state index contributed by atoms with van der Waals surface area (Å²) in [6, 6.07) is 0. The van der Waals surface area contributed by atoms with Crippen LogP contribution in [0.1, 0.15) is 0 Å². The minimum Gasteiger partial charge on any atom is -0.428 e. The number of carbonyl (C=O) groups excluding carboxylic acids is 1. The summed E-state index contributed by atoms with van der Waals surface area (Å²) in [5.41, 5.74) is 0. The number of ether oxygens (including phenoxy) is 2. The van der Waals surface area contributed by atoms with Gasteiger partial charge in [0.2, 0.25) is 0 Å². The first kappa shape index (κ1) is 14.4. The van der Waals surface area contributed by atoms with Crippen molar-refractivity contribution in [2.45, 2.75) is 12.2 Å². The summed E-state index contributed by atoms with van der Waals surface area (Å²) < 4.78 is 9.48. The van der Waals surface area contributed by atoms with Crippen LogP contribution in [-0.4, -0.2) is 41.9 Å². The molecule has 0 aliphatic carbocycles. The van der Waals surface area contributed by atoms with Gasteiger partial charge in [-0.05, 0) is 0 Å². The van der Waals surface area contributed by atoms with Crippen LogP contribution in [0.15, 0.2) is 0 Å². The van der Waals surface area contributed by atoms with Crippen molar-refractivity contribution in [3.8, 4) is 0 Å². The molecule has 0 saturated heterocycles. The molecule has 0 bridgehead atoms. The second-order valence-corrected chi connectivity index (χ2v) is 3.58.